The number of nitrogens with zero attached hydrogens (tertiary/aromatic N) is 1. The first kappa shape index (κ1) is 16.3. The molecule has 1 unspecified atom stereocenters. The number of ketones is 1. The van der Waals surface area contributed by atoms with E-state index < -0.39 is 4.87 Å². The molecule has 0 saturated heterocycles. The Labute approximate surface area is 151 Å². The zero-order chi connectivity index (χ0) is 17.6. The Balaban J connectivity index is 1.91. The summed E-state index contributed by atoms with van der Waals surface area (Å²) in [6.45, 7) is 2.13. The largest absolute Gasteiger partial charge is 0.291 e. The lowest BCUT2D eigenvalue weighted by Gasteiger charge is -2.29. The second kappa shape index (κ2) is 5.99. The van der Waals surface area contributed by atoms with Gasteiger partial charge in [-0.1, -0.05) is 74.5 Å². The number of carbonyl (C=O) groups excluding carboxylic acids is 2. The van der Waals surface area contributed by atoms with Crippen LogP contribution in [-0.4, -0.2) is 21.1 Å². The molecule has 3 nitrogen and oxygen atoms in total. The highest BCUT2D eigenvalue weighted by Gasteiger charge is 2.49. The van der Waals surface area contributed by atoms with Gasteiger partial charge in [-0.25, -0.2) is 0 Å². The summed E-state index contributed by atoms with van der Waals surface area (Å²) in [6, 6.07) is 13.4. The molecule has 0 N–H and O–H groups in total. The molecule has 128 valence electrons. The fraction of sp³-hybridized carbons (Fsp3) is 0.333. The van der Waals surface area contributed by atoms with Crippen molar-refractivity contribution in [2.75, 3.05) is 0 Å². The monoisotopic (exact) mass is 353 g/mol. The lowest BCUT2D eigenvalue weighted by Crippen LogP contribution is -2.47. The normalized spacial score (nSPS) is 19.9. The molecule has 3 aromatic rings. The predicted octanol–water partition coefficient (Wildman–Crippen LogP) is 5.58. The highest BCUT2D eigenvalue weighted by Crippen LogP contribution is 2.41. The van der Waals surface area contributed by atoms with Gasteiger partial charge in [0.25, 0.3) is 5.91 Å². The number of rotatable bonds is 5. The van der Waals surface area contributed by atoms with Crippen LogP contribution in [0.5, 0.6) is 0 Å². The molecule has 0 radical (unpaired) electrons. The maximum Gasteiger partial charge on any atom is 0.260 e. The van der Waals surface area contributed by atoms with Gasteiger partial charge in [0.2, 0.25) is 0 Å². The number of alkyl halides is 1. The standard InChI is InChI=1S/C21H20ClNO2/c1-2-3-4-7-13-21(22)19(24)16-11-8-10-15-14-9-5-6-12-17(14)23(18(15)16)20(21)25/h5-6,8-12H,2-4,7,13H2,1H3. The van der Waals surface area contributed by atoms with E-state index in [0.29, 0.717) is 17.5 Å². The van der Waals surface area contributed by atoms with Crippen LogP contribution in [0.4, 0.5) is 0 Å². The molecular formula is C21H20ClNO2. The van der Waals surface area contributed by atoms with E-state index in [1.807, 2.05) is 36.4 Å². The van der Waals surface area contributed by atoms with E-state index >= 15 is 0 Å². The van der Waals surface area contributed by atoms with Crippen LogP contribution < -0.4 is 0 Å². The minimum Gasteiger partial charge on any atom is -0.291 e. The molecule has 4 rings (SSSR count). The smallest absolute Gasteiger partial charge is 0.260 e. The number of para-hydroxylation sites is 2. The summed E-state index contributed by atoms with van der Waals surface area (Å²) in [5.74, 6) is -0.558. The molecule has 1 aliphatic rings. The quantitative estimate of drug-likeness (QED) is 0.341. The second-order valence-corrected chi connectivity index (χ2v) is 7.45. The number of fused-ring (bicyclic) bond motifs is 3. The first-order valence-corrected chi connectivity index (χ1v) is 9.28. The van der Waals surface area contributed by atoms with Gasteiger partial charge < -0.3 is 0 Å². The number of unbranched alkanes of at least 4 members (excludes halogenated alkanes) is 3. The topological polar surface area (TPSA) is 39.1 Å². The van der Waals surface area contributed by atoms with Gasteiger partial charge in [-0.3, -0.25) is 14.2 Å². The van der Waals surface area contributed by atoms with Crippen molar-refractivity contribution < 1.29 is 9.59 Å². The Kier molecular flexibility index (Phi) is 3.92. The molecule has 1 aliphatic heterocycles. The highest BCUT2D eigenvalue weighted by atomic mass is 35.5. The number of benzene rings is 2. The summed E-state index contributed by atoms with van der Waals surface area (Å²) in [4.78, 5) is 24.9. The van der Waals surface area contributed by atoms with Crippen LogP contribution in [0.1, 0.15) is 54.2 Å². The molecular weight excluding hydrogens is 334 g/mol. The molecule has 0 fully saturated rings. The Hall–Kier alpha value is -2.13. The molecule has 1 aromatic heterocycles. The summed E-state index contributed by atoms with van der Waals surface area (Å²) in [5.41, 5.74) is 2.07. The van der Waals surface area contributed by atoms with Gasteiger partial charge in [-0.15, -0.1) is 0 Å². The molecule has 4 heteroatoms. The van der Waals surface area contributed by atoms with Crippen molar-refractivity contribution in [3.05, 3.63) is 48.0 Å². The number of Topliss-reactive ketones (excluding diaryl/α,β-unsaturated/α-hetero) is 1. The van der Waals surface area contributed by atoms with E-state index in [2.05, 4.69) is 6.92 Å². The lowest BCUT2D eigenvalue weighted by atomic mass is 9.87. The van der Waals surface area contributed by atoms with Gasteiger partial charge in [0.05, 0.1) is 11.0 Å². The number of hydrogen-bond acceptors (Lipinski definition) is 2. The molecule has 0 spiro atoms. The fourth-order valence-corrected chi connectivity index (χ4v) is 4.24. The molecule has 0 aliphatic carbocycles. The van der Waals surface area contributed by atoms with E-state index in [0.717, 1.165) is 42.0 Å². The SMILES string of the molecule is CCCCCCC1(Cl)C(=O)c2cccc3c4ccccc4n(c23)C1=O. The van der Waals surface area contributed by atoms with E-state index in [1.165, 1.54) is 0 Å². The third-order valence-corrected chi connectivity index (χ3v) is 5.74. The third-order valence-electron chi connectivity index (χ3n) is 5.22. The fourth-order valence-electron chi connectivity index (χ4n) is 3.92. The van der Waals surface area contributed by atoms with Gasteiger partial charge in [0.1, 0.15) is 0 Å². The van der Waals surface area contributed by atoms with Gasteiger partial charge in [-0.05, 0) is 18.6 Å². The van der Waals surface area contributed by atoms with Crippen LogP contribution in [0.2, 0.25) is 0 Å². The van der Waals surface area contributed by atoms with Crippen molar-refractivity contribution >= 4 is 45.1 Å². The molecule has 2 heterocycles. The van der Waals surface area contributed by atoms with E-state index in [4.69, 9.17) is 11.6 Å². The minimum atomic E-state index is -1.49. The summed E-state index contributed by atoms with van der Waals surface area (Å²) in [5, 5.41) is 1.91. The van der Waals surface area contributed by atoms with Crippen LogP contribution in [0.15, 0.2) is 42.5 Å². The first-order valence-electron chi connectivity index (χ1n) is 8.90. The third kappa shape index (κ3) is 2.26. The van der Waals surface area contributed by atoms with Crippen LogP contribution in [0.25, 0.3) is 21.8 Å². The molecule has 2 aromatic carbocycles. The number of carbonyl (C=O) groups is 2. The van der Waals surface area contributed by atoms with Crippen molar-refractivity contribution in [2.45, 2.75) is 43.9 Å². The Bertz CT molecular complexity index is 1000. The summed E-state index contributed by atoms with van der Waals surface area (Å²) >= 11 is 6.71. The van der Waals surface area contributed by atoms with Crippen LogP contribution in [0, 0.1) is 0 Å². The zero-order valence-corrected chi connectivity index (χ0v) is 15.0. The van der Waals surface area contributed by atoms with Crippen molar-refractivity contribution in [1.29, 1.82) is 0 Å². The van der Waals surface area contributed by atoms with Gasteiger partial charge in [0, 0.05) is 16.3 Å². The van der Waals surface area contributed by atoms with E-state index in [-0.39, 0.29) is 11.7 Å². The molecule has 0 amide bonds. The molecule has 0 saturated carbocycles. The van der Waals surface area contributed by atoms with Crippen LogP contribution in [0.3, 0.4) is 0 Å². The zero-order valence-electron chi connectivity index (χ0n) is 14.2. The van der Waals surface area contributed by atoms with Gasteiger partial charge >= 0.3 is 0 Å². The van der Waals surface area contributed by atoms with Crippen LogP contribution in [-0.2, 0) is 0 Å². The van der Waals surface area contributed by atoms with Gasteiger partial charge in [-0.2, -0.15) is 0 Å². The minimum absolute atomic E-state index is 0.253. The number of hydrogen-bond donors (Lipinski definition) is 0. The molecule has 25 heavy (non-hydrogen) atoms. The average molecular weight is 354 g/mol. The Morgan fingerprint density at radius 2 is 1.72 bits per heavy atom. The van der Waals surface area contributed by atoms with Gasteiger partial charge in [0.15, 0.2) is 10.7 Å². The van der Waals surface area contributed by atoms with Crippen LogP contribution >= 0.6 is 11.6 Å². The number of aromatic nitrogens is 1. The van der Waals surface area contributed by atoms with Crippen molar-refractivity contribution in [1.82, 2.24) is 4.57 Å². The summed E-state index contributed by atoms with van der Waals surface area (Å²) in [6.07, 6.45) is 4.33. The van der Waals surface area contributed by atoms with E-state index in [9.17, 15) is 9.59 Å². The second-order valence-electron chi connectivity index (χ2n) is 6.80. The summed E-state index contributed by atoms with van der Waals surface area (Å²) in [7, 11) is 0. The number of halogens is 1. The Morgan fingerprint density at radius 3 is 2.52 bits per heavy atom. The lowest BCUT2D eigenvalue weighted by molar-refractivity contribution is 0.0765. The predicted molar refractivity (Wildman–Crippen MR) is 102 cm³/mol. The average Bonchev–Trinajstić information content (AvgIpc) is 2.97. The maximum atomic E-state index is 13.3. The van der Waals surface area contributed by atoms with Crippen molar-refractivity contribution in [2.24, 2.45) is 0 Å². The first-order chi connectivity index (χ1) is 12.1. The summed E-state index contributed by atoms with van der Waals surface area (Å²) < 4.78 is 1.66. The maximum absolute atomic E-state index is 13.3. The molecule has 1 atom stereocenters. The Morgan fingerprint density at radius 1 is 0.960 bits per heavy atom. The highest BCUT2D eigenvalue weighted by molar-refractivity contribution is 6.52. The van der Waals surface area contributed by atoms with E-state index in [1.54, 1.807) is 10.6 Å². The molecule has 0 bridgehead atoms. The van der Waals surface area contributed by atoms with Crippen molar-refractivity contribution in [3.63, 3.8) is 0 Å². The van der Waals surface area contributed by atoms with Crippen molar-refractivity contribution in [3.8, 4) is 0 Å².